The van der Waals surface area contributed by atoms with Crippen molar-refractivity contribution in [2.45, 2.75) is 19.1 Å². The highest BCUT2D eigenvalue weighted by molar-refractivity contribution is 5.71. The van der Waals surface area contributed by atoms with Crippen molar-refractivity contribution in [2.75, 3.05) is 7.05 Å². The highest BCUT2D eigenvalue weighted by Crippen LogP contribution is 2.32. The fourth-order valence-corrected chi connectivity index (χ4v) is 2.16. The van der Waals surface area contributed by atoms with E-state index in [0.717, 1.165) is 10.7 Å². The van der Waals surface area contributed by atoms with Gasteiger partial charge in [-0.25, -0.2) is 14.1 Å². The molecule has 0 radical (unpaired) electrons. The molecule has 0 N–H and O–H groups in total. The van der Waals surface area contributed by atoms with Crippen molar-refractivity contribution in [3.05, 3.63) is 53.7 Å². The van der Waals surface area contributed by atoms with Crippen LogP contribution in [0.2, 0.25) is 0 Å². The van der Waals surface area contributed by atoms with Crippen molar-refractivity contribution < 1.29 is 22.3 Å². The third kappa shape index (κ3) is 3.85. The minimum absolute atomic E-state index is 0.0446. The summed E-state index contributed by atoms with van der Waals surface area (Å²) in [6.07, 6.45) is 1.24. The molecule has 0 saturated heterocycles. The van der Waals surface area contributed by atoms with Crippen molar-refractivity contribution in [3.8, 4) is 5.69 Å². The van der Waals surface area contributed by atoms with Crippen LogP contribution in [0.3, 0.4) is 0 Å². The second-order valence-corrected chi connectivity index (χ2v) is 5.26. The number of aromatic nitrogens is 3. The van der Waals surface area contributed by atoms with Gasteiger partial charge in [0.25, 0.3) is 0 Å². The third-order valence-corrected chi connectivity index (χ3v) is 3.41. The van der Waals surface area contributed by atoms with Crippen LogP contribution in [0.25, 0.3) is 5.69 Å². The van der Waals surface area contributed by atoms with Crippen LogP contribution in [0, 0.1) is 5.82 Å². The largest absolute Gasteiger partial charge is 0.419 e. The maximum Gasteiger partial charge on any atom is 0.419 e. The van der Waals surface area contributed by atoms with Crippen LogP contribution in [-0.4, -0.2) is 39.5 Å². The highest BCUT2D eigenvalue weighted by Gasteiger charge is 2.34. The molecule has 0 spiro atoms. The minimum Gasteiger partial charge on any atom is -0.337 e. The highest BCUT2D eigenvalue weighted by atomic mass is 19.4. The summed E-state index contributed by atoms with van der Waals surface area (Å²) >= 11 is 0. The van der Waals surface area contributed by atoms with E-state index in [-0.39, 0.29) is 12.3 Å². The van der Waals surface area contributed by atoms with E-state index in [2.05, 4.69) is 15.3 Å². The molecule has 1 aromatic carbocycles. The van der Waals surface area contributed by atoms with Gasteiger partial charge in [-0.2, -0.15) is 13.2 Å². The van der Waals surface area contributed by atoms with E-state index in [1.165, 1.54) is 12.3 Å². The molecule has 0 aliphatic carbocycles. The van der Waals surface area contributed by atoms with E-state index in [1.54, 1.807) is 30.4 Å². The van der Waals surface area contributed by atoms with Crippen molar-refractivity contribution in [1.29, 1.82) is 0 Å². The number of benzene rings is 1. The van der Waals surface area contributed by atoms with Crippen LogP contribution in [0.15, 0.2) is 41.7 Å². The maximum absolute atomic E-state index is 13.3. The number of hydrogen-bond acceptors (Lipinski definition) is 5. The van der Waals surface area contributed by atoms with Gasteiger partial charge < -0.3 is 9.64 Å². The predicted octanol–water partition coefficient (Wildman–Crippen LogP) is 2.76. The number of allylic oxidation sites excluding steroid dienone is 1. The molecule has 1 aliphatic heterocycles. The molecule has 0 amide bonds. The number of alkyl halides is 3. The summed E-state index contributed by atoms with van der Waals surface area (Å²) in [4.78, 5) is 5.85. The Labute approximate surface area is 140 Å². The summed E-state index contributed by atoms with van der Waals surface area (Å²) in [6, 6.07) is 2.61. The van der Waals surface area contributed by atoms with E-state index in [9.17, 15) is 17.6 Å². The average Bonchev–Trinajstić information content (AvgIpc) is 3.02. The minimum atomic E-state index is -4.79. The molecule has 3 rings (SSSR count). The Balaban J connectivity index is 1.73. The Kier molecular flexibility index (Phi) is 4.53. The topological polar surface area (TPSA) is 55.5 Å². The molecule has 1 aliphatic rings. The van der Waals surface area contributed by atoms with Crippen molar-refractivity contribution >= 4 is 6.21 Å². The Morgan fingerprint density at radius 1 is 1.28 bits per heavy atom. The average molecular weight is 355 g/mol. The Morgan fingerprint density at radius 3 is 2.80 bits per heavy atom. The lowest BCUT2D eigenvalue weighted by atomic mass is 10.2. The predicted molar refractivity (Wildman–Crippen MR) is 80.3 cm³/mol. The Hall–Kier alpha value is -2.75. The summed E-state index contributed by atoms with van der Waals surface area (Å²) in [6.45, 7) is 0.0630. The summed E-state index contributed by atoms with van der Waals surface area (Å²) < 4.78 is 58.4. The van der Waals surface area contributed by atoms with E-state index in [4.69, 9.17) is 4.74 Å². The molecular weight excluding hydrogens is 342 g/mol. The molecule has 1 atom stereocenters. The molecular formula is C15H13F4N5O. The van der Waals surface area contributed by atoms with Crippen LogP contribution in [0.5, 0.6) is 0 Å². The molecule has 10 heteroatoms. The molecule has 0 saturated carbocycles. The van der Waals surface area contributed by atoms with Gasteiger partial charge in [-0.15, -0.1) is 5.10 Å². The van der Waals surface area contributed by atoms with Gasteiger partial charge in [0.2, 0.25) is 6.35 Å². The first-order valence-electron chi connectivity index (χ1n) is 7.16. The SMILES string of the molecule is CN1C=CC=NC1OCc1cn(-c2ccc(F)c(C(F)(F)F)c2)nn1. The summed E-state index contributed by atoms with van der Waals surface area (Å²) in [5.41, 5.74) is -0.914. The lowest BCUT2D eigenvalue weighted by molar-refractivity contribution is -0.140. The maximum atomic E-state index is 13.3. The fourth-order valence-electron chi connectivity index (χ4n) is 2.16. The van der Waals surface area contributed by atoms with E-state index in [0.29, 0.717) is 11.8 Å². The molecule has 1 unspecified atom stereocenters. The second kappa shape index (κ2) is 6.63. The zero-order valence-corrected chi connectivity index (χ0v) is 13.0. The third-order valence-electron chi connectivity index (χ3n) is 3.41. The fraction of sp³-hybridized carbons (Fsp3) is 0.267. The second-order valence-electron chi connectivity index (χ2n) is 5.26. The first-order chi connectivity index (χ1) is 11.8. The van der Waals surface area contributed by atoms with Gasteiger partial charge in [0, 0.05) is 19.5 Å². The van der Waals surface area contributed by atoms with Gasteiger partial charge in [-0.3, -0.25) is 0 Å². The lowest BCUT2D eigenvalue weighted by Crippen LogP contribution is -2.29. The van der Waals surface area contributed by atoms with E-state index < -0.39 is 23.9 Å². The van der Waals surface area contributed by atoms with Crippen LogP contribution in [0.1, 0.15) is 11.3 Å². The summed E-state index contributed by atoms with van der Waals surface area (Å²) in [5, 5.41) is 7.59. The zero-order chi connectivity index (χ0) is 18.0. The smallest absolute Gasteiger partial charge is 0.337 e. The lowest BCUT2D eigenvalue weighted by Gasteiger charge is -2.24. The molecule has 132 valence electrons. The standard InChI is InChI=1S/C15H13F4N5O/c1-23-6-2-5-20-14(23)25-9-10-8-24(22-21-10)11-3-4-13(16)12(7-11)15(17,18)19/h2-8,14H,9H2,1H3. The molecule has 2 heterocycles. The van der Waals surface area contributed by atoms with Crippen LogP contribution >= 0.6 is 0 Å². The molecule has 25 heavy (non-hydrogen) atoms. The number of halogens is 4. The van der Waals surface area contributed by atoms with Crippen molar-refractivity contribution in [1.82, 2.24) is 19.9 Å². The number of rotatable bonds is 4. The van der Waals surface area contributed by atoms with Gasteiger partial charge in [0.05, 0.1) is 24.1 Å². The van der Waals surface area contributed by atoms with Crippen molar-refractivity contribution in [2.24, 2.45) is 4.99 Å². The Morgan fingerprint density at radius 2 is 2.08 bits per heavy atom. The van der Waals surface area contributed by atoms with Crippen molar-refractivity contribution in [3.63, 3.8) is 0 Å². The van der Waals surface area contributed by atoms with Gasteiger partial charge in [0.1, 0.15) is 11.5 Å². The normalized spacial score (nSPS) is 17.3. The number of aliphatic imine (C=N–C) groups is 1. The summed E-state index contributed by atoms with van der Waals surface area (Å²) in [7, 11) is 1.78. The summed E-state index contributed by atoms with van der Waals surface area (Å²) in [5.74, 6) is -1.34. The van der Waals surface area contributed by atoms with Crippen LogP contribution in [-0.2, 0) is 17.5 Å². The Bertz CT molecular complexity index is 814. The van der Waals surface area contributed by atoms with Gasteiger partial charge in [-0.05, 0) is 24.3 Å². The molecule has 1 aromatic heterocycles. The first-order valence-corrected chi connectivity index (χ1v) is 7.16. The molecule has 0 bridgehead atoms. The zero-order valence-electron chi connectivity index (χ0n) is 13.0. The van der Waals surface area contributed by atoms with Crippen LogP contribution < -0.4 is 0 Å². The molecule has 0 fully saturated rings. The first kappa shape index (κ1) is 17.1. The van der Waals surface area contributed by atoms with Gasteiger partial charge in [0.15, 0.2) is 0 Å². The number of nitrogens with zero attached hydrogens (tertiary/aromatic N) is 5. The van der Waals surface area contributed by atoms with E-state index >= 15 is 0 Å². The van der Waals surface area contributed by atoms with E-state index in [1.807, 2.05) is 0 Å². The van der Waals surface area contributed by atoms with Crippen LogP contribution in [0.4, 0.5) is 17.6 Å². The molecule has 2 aromatic rings. The number of hydrogen-bond donors (Lipinski definition) is 0. The van der Waals surface area contributed by atoms with Gasteiger partial charge >= 0.3 is 6.18 Å². The van der Waals surface area contributed by atoms with Gasteiger partial charge in [-0.1, -0.05) is 5.21 Å². The monoisotopic (exact) mass is 355 g/mol. The molecule has 6 nitrogen and oxygen atoms in total. The number of ether oxygens (including phenoxy) is 1. The quantitative estimate of drug-likeness (QED) is 0.792.